The molecule has 3 rings (SSSR count). The van der Waals surface area contributed by atoms with Gasteiger partial charge in [0.05, 0.1) is 5.56 Å². The summed E-state index contributed by atoms with van der Waals surface area (Å²) in [7, 11) is 0. The zero-order valence-corrected chi connectivity index (χ0v) is 10.7. The third-order valence-electron chi connectivity index (χ3n) is 3.40. The van der Waals surface area contributed by atoms with E-state index in [0.29, 0.717) is 5.56 Å². The van der Waals surface area contributed by atoms with Crippen LogP contribution in [0.4, 0.5) is 0 Å². The number of hydrogen-bond acceptors (Lipinski definition) is 5. The van der Waals surface area contributed by atoms with E-state index >= 15 is 0 Å². The summed E-state index contributed by atoms with van der Waals surface area (Å²) in [5, 5.41) is 29.9. The molecule has 0 spiro atoms. The first-order valence-electron chi connectivity index (χ1n) is 6.04. The number of ketones is 1. The molecule has 1 aliphatic heterocycles. The number of phenolic OH excluding ortho intramolecular Hbond substituents is 3. The Kier molecular flexibility index (Phi) is 2.57. The maximum absolute atomic E-state index is 12.5. The quantitative estimate of drug-likeness (QED) is 0.640. The third kappa shape index (κ3) is 1.60. The van der Waals surface area contributed by atoms with Gasteiger partial charge in [-0.25, -0.2) is 0 Å². The fourth-order valence-corrected chi connectivity index (χ4v) is 2.39. The van der Waals surface area contributed by atoms with Gasteiger partial charge in [0.2, 0.25) is 5.78 Å². The molecule has 0 aliphatic carbocycles. The van der Waals surface area contributed by atoms with Crippen molar-refractivity contribution < 1.29 is 24.9 Å². The van der Waals surface area contributed by atoms with Crippen LogP contribution in [-0.4, -0.2) is 21.1 Å². The Balaban J connectivity index is 2.33. The van der Waals surface area contributed by atoms with Crippen molar-refractivity contribution in [3.8, 4) is 23.0 Å². The molecular weight excluding hydrogens is 260 g/mol. The number of fused-ring (bicyclic) bond motifs is 2. The summed E-state index contributed by atoms with van der Waals surface area (Å²) in [6.07, 6.45) is 0. The number of aryl methyl sites for hydroxylation is 1. The molecule has 0 saturated carbocycles. The number of carbonyl (C=O) groups is 1. The van der Waals surface area contributed by atoms with E-state index in [1.807, 2.05) is 0 Å². The summed E-state index contributed by atoms with van der Waals surface area (Å²) in [6.45, 7) is 1.56. The molecule has 2 aromatic carbocycles. The van der Waals surface area contributed by atoms with Crippen molar-refractivity contribution in [2.45, 2.75) is 13.5 Å². The molecule has 20 heavy (non-hydrogen) atoms. The van der Waals surface area contributed by atoms with Crippen molar-refractivity contribution in [3.05, 3.63) is 46.5 Å². The Hall–Kier alpha value is -2.69. The largest absolute Gasteiger partial charge is 0.507 e. The molecule has 3 N–H and O–H groups in total. The Morgan fingerprint density at radius 1 is 1.10 bits per heavy atom. The maximum Gasteiger partial charge on any atom is 0.204 e. The molecule has 102 valence electrons. The van der Waals surface area contributed by atoms with Crippen LogP contribution in [0.3, 0.4) is 0 Å². The SMILES string of the molecule is Cc1cc(O)c2c(c1O)COc1cccc(O)c1C2=O. The number of carbonyl (C=O) groups excluding carboxylic acids is 1. The van der Waals surface area contributed by atoms with Crippen LogP contribution in [0.15, 0.2) is 24.3 Å². The molecule has 0 saturated heterocycles. The molecule has 2 aromatic rings. The van der Waals surface area contributed by atoms with Gasteiger partial charge in [-0.05, 0) is 30.7 Å². The molecule has 1 aliphatic rings. The van der Waals surface area contributed by atoms with Gasteiger partial charge in [0.25, 0.3) is 0 Å². The lowest BCUT2D eigenvalue weighted by molar-refractivity contribution is 0.103. The highest BCUT2D eigenvalue weighted by atomic mass is 16.5. The van der Waals surface area contributed by atoms with Crippen LogP contribution in [0.2, 0.25) is 0 Å². The van der Waals surface area contributed by atoms with Gasteiger partial charge >= 0.3 is 0 Å². The summed E-state index contributed by atoms with van der Waals surface area (Å²) in [5.74, 6) is -0.890. The van der Waals surface area contributed by atoms with E-state index < -0.39 is 5.78 Å². The minimum absolute atomic E-state index is 0.00944. The lowest BCUT2D eigenvalue weighted by atomic mass is 9.95. The van der Waals surface area contributed by atoms with Gasteiger partial charge in [0.15, 0.2) is 0 Å². The van der Waals surface area contributed by atoms with Gasteiger partial charge in [0, 0.05) is 5.56 Å². The summed E-state index contributed by atoms with van der Waals surface area (Å²) in [5.41, 5.74) is 0.633. The Morgan fingerprint density at radius 3 is 2.60 bits per heavy atom. The van der Waals surface area contributed by atoms with E-state index in [0.717, 1.165) is 0 Å². The molecule has 0 fully saturated rings. The van der Waals surface area contributed by atoms with E-state index in [4.69, 9.17) is 4.74 Å². The highest BCUT2D eigenvalue weighted by Crippen LogP contribution is 2.41. The first kappa shape index (κ1) is 12.3. The Labute approximate surface area is 114 Å². The molecule has 1 heterocycles. The summed E-state index contributed by atoms with van der Waals surface area (Å²) in [4.78, 5) is 12.5. The highest BCUT2D eigenvalue weighted by molar-refractivity contribution is 6.15. The van der Waals surface area contributed by atoms with Crippen molar-refractivity contribution >= 4 is 5.78 Å². The predicted octanol–water partition coefficient (Wildman–Crippen LogP) is 2.24. The van der Waals surface area contributed by atoms with Crippen LogP contribution in [0.5, 0.6) is 23.0 Å². The standard InChI is InChI=1S/C15H12O5/c1-7-5-10(17)12-8(14(7)18)6-20-11-4-2-3-9(16)13(11)15(12)19/h2-5,16-18H,6H2,1H3. The fourth-order valence-electron chi connectivity index (χ4n) is 2.39. The van der Waals surface area contributed by atoms with Crippen LogP contribution in [0.1, 0.15) is 27.0 Å². The van der Waals surface area contributed by atoms with E-state index in [1.54, 1.807) is 19.1 Å². The molecule has 0 amide bonds. The summed E-state index contributed by atoms with van der Waals surface area (Å²) < 4.78 is 5.47. The van der Waals surface area contributed by atoms with Crippen LogP contribution >= 0.6 is 0 Å². The molecule has 0 bridgehead atoms. The van der Waals surface area contributed by atoms with Crippen LogP contribution < -0.4 is 4.74 Å². The van der Waals surface area contributed by atoms with Gasteiger partial charge in [-0.3, -0.25) is 4.79 Å². The van der Waals surface area contributed by atoms with E-state index in [1.165, 1.54) is 12.1 Å². The zero-order valence-electron chi connectivity index (χ0n) is 10.7. The van der Waals surface area contributed by atoms with Gasteiger partial charge in [-0.15, -0.1) is 0 Å². The number of phenols is 3. The van der Waals surface area contributed by atoms with Crippen molar-refractivity contribution in [2.75, 3.05) is 0 Å². The lowest BCUT2D eigenvalue weighted by Gasteiger charge is -2.11. The van der Waals surface area contributed by atoms with Crippen molar-refractivity contribution in [2.24, 2.45) is 0 Å². The first-order valence-corrected chi connectivity index (χ1v) is 6.04. The number of ether oxygens (including phenoxy) is 1. The normalized spacial score (nSPS) is 13.2. The zero-order chi connectivity index (χ0) is 14.4. The van der Waals surface area contributed by atoms with Gasteiger partial charge in [-0.2, -0.15) is 0 Å². The predicted molar refractivity (Wildman–Crippen MR) is 70.4 cm³/mol. The minimum atomic E-state index is -0.571. The average molecular weight is 272 g/mol. The number of aromatic hydroxyl groups is 3. The molecule has 5 heteroatoms. The lowest BCUT2D eigenvalue weighted by Crippen LogP contribution is -2.05. The topological polar surface area (TPSA) is 87.0 Å². The first-order chi connectivity index (χ1) is 9.50. The number of hydrogen-bond donors (Lipinski definition) is 3. The molecule has 0 aromatic heterocycles. The van der Waals surface area contributed by atoms with E-state index in [9.17, 15) is 20.1 Å². The maximum atomic E-state index is 12.5. The molecule has 0 atom stereocenters. The van der Waals surface area contributed by atoms with Crippen LogP contribution in [0, 0.1) is 6.92 Å². The summed E-state index contributed by atoms with van der Waals surface area (Å²) >= 11 is 0. The highest BCUT2D eigenvalue weighted by Gasteiger charge is 2.30. The van der Waals surface area contributed by atoms with Crippen LogP contribution in [0.25, 0.3) is 0 Å². The number of rotatable bonds is 0. The molecule has 0 unspecified atom stereocenters. The van der Waals surface area contributed by atoms with E-state index in [2.05, 4.69) is 0 Å². The van der Waals surface area contributed by atoms with Crippen molar-refractivity contribution in [1.29, 1.82) is 0 Å². The minimum Gasteiger partial charge on any atom is -0.507 e. The second-order valence-corrected chi connectivity index (χ2v) is 4.68. The second-order valence-electron chi connectivity index (χ2n) is 4.68. The smallest absolute Gasteiger partial charge is 0.204 e. The van der Waals surface area contributed by atoms with E-state index in [-0.39, 0.29) is 46.3 Å². The fraction of sp³-hybridized carbons (Fsp3) is 0.133. The number of benzene rings is 2. The summed E-state index contributed by atoms with van der Waals surface area (Å²) in [6, 6.07) is 5.80. The van der Waals surface area contributed by atoms with Gasteiger partial charge < -0.3 is 20.1 Å². The Bertz CT molecular complexity index is 734. The van der Waals surface area contributed by atoms with Gasteiger partial charge in [0.1, 0.15) is 35.2 Å². The molecular formula is C15H12O5. The monoisotopic (exact) mass is 272 g/mol. The van der Waals surface area contributed by atoms with Gasteiger partial charge in [-0.1, -0.05) is 6.07 Å². The third-order valence-corrected chi connectivity index (χ3v) is 3.40. The van der Waals surface area contributed by atoms with Crippen LogP contribution in [-0.2, 0) is 6.61 Å². The van der Waals surface area contributed by atoms with Crippen molar-refractivity contribution in [1.82, 2.24) is 0 Å². The molecule has 5 nitrogen and oxygen atoms in total. The average Bonchev–Trinajstić information content (AvgIpc) is 2.55. The molecule has 0 radical (unpaired) electrons. The van der Waals surface area contributed by atoms with Crippen molar-refractivity contribution in [3.63, 3.8) is 0 Å². The Morgan fingerprint density at radius 2 is 1.85 bits per heavy atom. The second kappa shape index (κ2) is 4.16.